The third-order valence-electron chi connectivity index (χ3n) is 6.97. The van der Waals surface area contributed by atoms with Crippen LogP contribution in [0.1, 0.15) is 45.9 Å². The van der Waals surface area contributed by atoms with Crippen molar-refractivity contribution >= 4 is 44.9 Å². The van der Waals surface area contributed by atoms with Gasteiger partial charge in [-0.1, -0.05) is 56.0 Å². The van der Waals surface area contributed by atoms with Crippen molar-refractivity contribution in [2.75, 3.05) is 0 Å². The number of nitrogens with one attached hydrogen (secondary N) is 2. The largest absolute Gasteiger partial charge is 0.416 e. The molecule has 4 aromatic heterocycles. The number of hydrogen-bond donors (Lipinski definition) is 2. The molecule has 6 rings (SSSR count). The molecule has 49 heavy (non-hydrogen) atoms. The Bertz CT molecular complexity index is 1940. The lowest BCUT2D eigenvalue weighted by atomic mass is 10.1. The van der Waals surface area contributed by atoms with Gasteiger partial charge in [-0.2, -0.15) is 26.3 Å². The molecule has 2 N–H and O–H groups in total. The Labute approximate surface area is 282 Å². The van der Waals surface area contributed by atoms with Crippen molar-refractivity contribution in [2.24, 2.45) is 0 Å². The summed E-state index contributed by atoms with van der Waals surface area (Å²) >= 11 is 5.25. The second-order valence-corrected chi connectivity index (χ2v) is 10.6. The number of halogens is 6. The second-order valence-electron chi connectivity index (χ2n) is 10.2. The van der Waals surface area contributed by atoms with E-state index in [0.717, 1.165) is 28.4 Å². The number of fused-ring (bicyclic) bond motifs is 2. The summed E-state index contributed by atoms with van der Waals surface area (Å²) in [5.41, 5.74) is 0.670. The fraction of sp³-hybridized carbons (Fsp3) is 0.143. The molecule has 0 saturated heterocycles. The zero-order valence-electron chi connectivity index (χ0n) is 24.7. The molecule has 0 fully saturated rings. The molecule has 0 radical (unpaired) electrons. The number of rotatable bonds is 6. The quantitative estimate of drug-likeness (QED) is 0.134. The van der Waals surface area contributed by atoms with Crippen LogP contribution in [0.25, 0.3) is 21.8 Å². The maximum absolute atomic E-state index is 13.0. The van der Waals surface area contributed by atoms with E-state index in [1.165, 1.54) is 36.4 Å². The number of thiocarbonyl (C=S) groups is 1. The first-order valence-corrected chi connectivity index (χ1v) is 14.6. The van der Waals surface area contributed by atoms with Crippen LogP contribution in [0.4, 0.5) is 26.3 Å². The van der Waals surface area contributed by atoms with Gasteiger partial charge in [0.25, 0.3) is 5.91 Å². The summed E-state index contributed by atoms with van der Waals surface area (Å²) in [5, 5.41) is 6.96. The predicted molar refractivity (Wildman–Crippen MR) is 178 cm³/mol. The monoisotopic (exact) mass is 694 g/mol. The van der Waals surface area contributed by atoms with Gasteiger partial charge in [0.05, 0.1) is 27.9 Å². The fourth-order valence-corrected chi connectivity index (χ4v) is 4.80. The summed E-state index contributed by atoms with van der Waals surface area (Å²) in [4.78, 5) is 29.0. The van der Waals surface area contributed by atoms with Crippen LogP contribution in [0.5, 0.6) is 0 Å². The first-order chi connectivity index (χ1) is 22.9. The lowest BCUT2D eigenvalue weighted by Crippen LogP contribution is -2.25. The maximum atomic E-state index is 13.0. The van der Waals surface area contributed by atoms with Gasteiger partial charge in [0, 0.05) is 48.6 Å². The molecule has 7 nitrogen and oxygen atoms in total. The molecule has 0 bridgehead atoms. The van der Waals surface area contributed by atoms with Crippen LogP contribution < -0.4 is 10.6 Å². The Morgan fingerprint density at radius 1 is 0.612 bits per heavy atom. The van der Waals surface area contributed by atoms with Gasteiger partial charge in [0.15, 0.2) is 0 Å². The van der Waals surface area contributed by atoms with Crippen LogP contribution in [0.3, 0.4) is 0 Å². The molecule has 0 aliphatic carbocycles. The highest BCUT2D eigenvalue weighted by molar-refractivity contribution is 7.80. The van der Waals surface area contributed by atoms with Crippen molar-refractivity contribution < 1.29 is 31.1 Å². The first kappa shape index (κ1) is 36.3. The van der Waals surface area contributed by atoms with Crippen LogP contribution >= 0.6 is 12.2 Å². The van der Waals surface area contributed by atoms with E-state index in [-0.39, 0.29) is 37.3 Å². The minimum atomic E-state index is -4.46. The summed E-state index contributed by atoms with van der Waals surface area (Å²) in [6.45, 7) is -0.255. The van der Waals surface area contributed by atoms with Gasteiger partial charge in [-0.05, 0) is 59.7 Å². The van der Waals surface area contributed by atoms with Crippen LogP contribution in [0.2, 0.25) is 0 Å². The van der Waals surface area contributed by atoms with Crippen molar-refractivity contribution in [1.29, 1.82) is 0 Å². The third kappa shape index (κ3) is 9.32. The Kier molecular flexibility index (Phi) is 11.6. The van der Waals surface area contributed by atoms with Crippen molar-refractivity contribution in [3.05, 3.63) is 143 Å². The van der Waals surface area contributed by atoms with Gasteiger partial charge >= 0.3 is 12.4 Å². The summed E-state index contributed by atoms with van der Waals surface area (Å²) in [7, 11) is 0. The van der Waals surface area contributed by atoms with Crippen LogP contribution in [-0.4, -0.2) is 30.8 Å². The minimum absolute atomic E-state index is 0. The Morgan fingerprint density at radius 3 is 1.57 bits per heavy atom. The van der Waals surface area contributed by atoms with Gasteiger partial charge in [-0.3, -0.25) is 14.8 Å². The molecule has 0 spiro atoms. The minimum Gasteiger partial charge on any atom is -0.370 e. The van der Waals surface area contributed by atoms with Crippen molar-refractivity contribution in [1.82, 2.24) is 30.6 Å². The van der Waals surface area contributed by atoms with Gasteiger partial charge < -0.3 is 10.6 Å². The van der Waals surface area contributed by atoms with Crippen molar-refractivity contribution in [3.8, 4) is 0 Å². The maximum Gasteiger partial charge on any atom is 0.416 e. The molecule has 4 heterocycles. The van der Waals surface area contributed by atoms with E-state index in [2.05, 4.69) is 30.6 Å². The number of carbonyl (C=O) groups is 1. The SMILES string of the molecule is C.FC(F)(F)c1ccccc1CNC(=S)c1ccc2cnccc2n1.O=C(NCc1ccccc1C(F)(F)F)c1ccc2cnccc2n1. The van der Waals surface area contributed by atoms with E-state index in [1.807, 2.05) is 6.07 Å². The average Bonchev–Trinajstić information content (AvgIpc) is 3.09. The van der Waals surface area contributed by atoms with E-state index in [0.29, 0.717) is 16.2 Å². The number of benzene rings is 2. The molecular formula is C35H28F6N6OS. The molecule has 0 unspecified atom stereocenters. The molecule has 0 atom stereocenters. The lowest BCUT2D eigenvalue weighted by Gasteiger charge is -2.14. The Balaban J connectivity index is 0.000000216. The predicted octanol–water partition coefficient (Wildman–Crippen LogP) is 8.33. The normalized spacial score (nSPS) is 11.2. The number of amides is 1. The number of hydrogen-bond acceptors (Lipinski definition) is 6. The van der Waals surface area contributed by atoms with E-state index in [9.17, 15) is 31.1 Å². The molecule has 14 heteroatoms. The smallest absolute Gasteiger partial charge is 0.370 e. The third-order valence-corrected chi connectivity index (χ3v) is 7.32. The van der Waals surface area contributed by atoms with Gasteiger partial charge in [-0.15, -0.1) is 0 Å². The molecular weight excluding hydrogens is 666 g/mol. The van der Waals surface area contributed by atoms with Crippen LogP contribution in [0.15, 0.2) is 110 Å². The van der Waals surface area contributed by atoms with Crippen molar-refractivity contribution in [3.63, 3.8) is 0 Å². The zero-order chi connectivity index (χ0) is 34.3. The van der Waals surface area contributed by atoms with E-state index >= 15 is 0 Å². The highest BCUT2D eigenvalue weighted by Crippen LogP contribution is 2.32. The average molecular weight is 695 g/mol. The Morgan fingerprint density at radius 2 is 1.06 bits per heavy atom. The highest BCUT2D eigenvalue weighted by atomic mass is 32.1. The molecule has 6 aromatic rings. The number of alkyl halides is 6. The number of nitrogens with zero attached hydrogens (tertiary/aromatic N) is 4. The lowest BCUT2D eigenvalue weighted by molar-refractivity contribution is -0.139. The number of pyridine rings is 4. The van der Waals surface area contributed by atoms with Gasteiger partial charge in [0.1, 0.15) is 10.7 Å². The molecule has 1 amide bonds. The summed E-state index contributed by atoms with van der Waals surface area (Å²) < 4.78 is 77.8. The summed E-state index contributed by atoms with van der Waals surface area (Å²) in [6, 6.07) is 20.7. The molecule has 0 saturated carbocycles. The number of aromatic nitrogens is 4. The topological polar surface area (TPSA) is 92.7 Å². The molecule has 0 aliphatic rings. The second kappa shape index (κ2) is 15.6. The van der Waals surface area contributed by atoms with Crippen molar-refractivity contribution in [2.45, 2.75) is 32.9 Å². The highest BCUT2D eigenvalue weighted by Gasteiger charge is 2.33. The fourth-order valence-electron chi connectivity index (χ4n) is 4.62. The molecule has 252 valence electrons. The van der Waals surface area contributed by atoms with Crippen LogP contribution in [0, 0.1) is 0 Å². The van der Waals surface area contributed by atoms with Gasteiger partial charge in [-0.25, -0.2) is 9.97 Å². The van der Waals surface area contributed by atoms with Gasteiger partial charge in [0.2, 0.25) is 0 Å². The standard InChI is InChI=1S/C17H12F3N3O.C17H12F3N3S.CH4/c2*18-17(19,20)13-4-2-1-3-11(13)10-22-16(24)15-6-5-12-9-21-8-7-14(12)23-15;/h2*1-9H,10H2,(H,22,24);1H4. The summed E-state index contributed by atoms with van der Waals surface area (Å²) in [5.74, 6) is -0.536. The number of carbonyl (C=O) groups excluding carboxylic acids is 1. The van der Waals surface area contributed by atoms with E-state index in [1.54, 1.807) is 55.1 Å². The summed E-state index contributed by atoms with van der Waals surface area (Å²) in [6.07, 6.45) is -2.39. The molecule has 0 aliphatic heterocycles. The first-order valence-electron chi connectivity index (χ1n) is 14.2. The Hall–Kier alpha value is -5.50. The molecule has 2 aromatic carbocycles. The zero-order valence-corrected chi connectivity index (χ0v) is 25.5. The van der Waals surface area contributed by atoms with Crippen LogP contribution in [-0.2, 0) is 25.4 Å². The van der Waals surface area contributed by atoms with E-state index < -0.39 is 29.4 Å². The van der Waals surface area contributed by atoms with E-state index in [4.69, 9.17) is 12.2 Å².